The second-order valence-corrected chi connectivity index (χ2v) is 8.15. The predicted molar refractivity (Wildman–Crippen MR) is 132 cm³/mol. The maximum absolute atomic E-state index is 13.2. The number of rotatable bonds is 6. The molecule has 0 aliphatic carbocycles. The van der Waals surface area contributed by atoms with Gasteiger partial charge >= 0.3 is 5.97 Å². The molecule has 35 heavy (non-hydrogen) atoms. The summed E-state index contributed by atoms with van der Waals surface area (Å²) in [5.41, 5.74) is 1.58. The summed E-state index contributed by atoms with van der Waals surface area (Å²) in [5.74, 6) is -1.83. The van der Waals surface area contributed by atoms with Crippen molar-refractivity contribution < 1.29 is 29.0 Å². The van der Waals surface area contributed by atoms with Gasteiger partial charge in [-0.25, -0.2) is 4.79 Å². The van der Waals surface area contributed by atoms with E-state index >= 15 is 0 Å². The number of halogens is 1. The summed E-state index contributed by atoms with van der Waals surface area (Å²) in [6, 6.07) is 18.5. The van der Waals surface area contributed by atoms with Crippen LogP contribution in [0.1, 0.15) is 34.5 Å². The molecule has 0 aromatic heterocycles. The van der Waals surface area contributed by atoms with Crippen LogP contribution in [-0.2, 0) is 14.3 Å². The first-order valence-electron chi connectivity index (χ1n) is 10.8. The van der Waals surface area contributed by atoms with Gasteiger partial charge in [0.15, 0.2) is 0 Å². The van der Waals surface area contributed by atoms with E-state index in [1.807, 2.05) is 0 Å². The molecule has 0 spiro atoms. The van der Waals surface area contributed by atoms with Gasteiger partial charge in [-0.3, -0.25) is 14.5 Å². The van der Waals surface area contributed by atoms with Crippen LogP contribution in [0.15, 0.2) is 78.4 Å². The molecule has 1 aliphatic rings. The Kier molecular flexibility index (Phi) is 6.89. The quantitative estimate of drug-likeness (QED) is 0.222. The van der Waals surface area contributed by atoms with Gasteiger partial charge in [-0.1, -0.05) is 23.7 Å². The van der Waals surface area contributed by atoms with Crippen LogP contribution in [0.25, 0.3) is 5.76 Å². The second kappa shape index (κ2) is 10.0. The SMILES string of the molecule is CCOC(=O)c1ccc(N2C(=O)C(=O)/C(=C(/O)c3ccc(Cl)cc3)C2c2ccc(OC)cc2)cc1. The first kappa shape index (κ1) is 24.0. The minimum atomic E-state index is -0.912. The van der Waals surface area contributed by atoms with Crippen LogP contribution in [0.5, 0.6) is 5.75 Å². The normalized spacial score (nSPS) is 16.9. The van der Waals surface area contributed by atoms with Crippen molar-refractivity contribution in [2.75, 3.05) is 18.6 Å². The lowest BCUT2D eigenvalue weighted by Crippen LogP contribution is -2.29. The van der Waals surface area contributed by atoms with Gasteiger partial charge in [-0.05, 0) is 73.2 Å². The molecule has 1 unspecified atom stereocenters. The van der Waals surface area contributed by atoms with Crippen LogP contribution >= 0.6 is 11.6 Å². The Morgan fingerprint density at radius 2 is 1.54 bits per heavy atom. The summed E-state index contributed by atoms with van der Waals surface area (Å²) in [4.78, 5) is 39.8. The van der Waals surface area contributed by atoms with E-state index in [-0.39, 0.29) is 17.9 Å². The van der Waals surface area contributed by atoms with E-state index in [0.29, 0.717) is 33.1 Å². The van der Waals surface area contributed by atoms with Crippen LogP contribution in [0.2, 0.25) is 5.02 Å². The highest BCUT2D eigenvalue weighted by Gasteiger charge is 2.47. The molecule has 1 saturated heterocycles. The summed E-state index contributed by atoms with van der Waals surface area (Å²) in [7, 11) is 1.53. The van der Waals surface area contributed by atoms with Gasteiger partial charge < -0.3 is 14.6 Å². The molecule has 1 atom stereocenters. The molecular formula is C27H22ClNO6. The fraction of sp³-hybridized carbons (Fsp3) is 0.148. The zero-order chi connectivity index (χ0) is 25.1. The summed E-state index contributed by atoms with van der Waals surface area (Å²) >= 11 is 5.97. The molecule has 0 radical (unpaired) electrons. The highest BCUT2D eigenvalue weighted by molar-refractivity contribution is 6.51. The highest BCUT2D eigenvalue weighted by Crippen LogP contribution is 2.42. The minimum Gasteiger partial charge on any atom is -0.507 e. The van der Waals surface area contributed by atoms with Crippen molar-refractivity contribution in [1.29, 1.82) is 0 Å². The van der Waals surface area contributed by atoms with Crippen LogP contribution < -0.4 is 9.64 Å². The van der Waals surface area contributed by atoms with Crippen LogP contribution in [0.3, 0.4) is 0 Å². The molecule has 1 amide bonds. The molecule has 0 bridgehead atoms. The molecule has 1 fully saturated rings. The van der Waals surface area contributed by atoms with Crippen molar-refractivity contribution in [3.8, 4) is 5.75 Å². The predicted octanol–water partition coefficient (Wildman–Crippen LogP) is 5.15. The van der Waals surface area contributed by atoms with E-state index in [2.05, 4.69) is 0 Å². The number of anilines is 1. The van der Waals surface area contributed by atoms with E-state index < -0.39 is 23.7 Å². The number of hydrogen-bond donors (Lipinski definition) is 1. The summed E-state index contributed by atoms with van der Waals surface area (Å²) in [5, 5.41) is 11.6. The highest BCUT2D eigenvalue weighted by atomic mass is 35.5. The van der Waals surface area contributed by atoms with E-state index in [0.717, 1.165) is 0 Å². The largest absolute Gasteiger partial charge is 0.507 e. The Balaban J connectivity index is 1.85. The maximum atomic E-state index is 13.2. The topological polar surface area (TPSA) is 93.1 Å². The molecule has 4 rings (SSSR count). The number of amides is 1. The van der Waals surface area contributed by atoms with Crippen LogP contribution in [-0.4, -0.2) is 36.5 Å². The number of carbonyl (C=O) groups is 3. The number of benzene rings is 3. The molecule has 1 heterocycles. The van der Waals surface area contributed by atoms with Gasteiger partial charge in [0.2, 0.25) is 0 Å². The Bertz CT molecular complexity index is 1300. The Hall–Kier alpha value is -4.10. The smallest absolute Gasteiger partial charge is 0.338 e. The Labute approximate surface area is 207 Å². The van der Waals surface area contributed by atoms with Gasteiger partial charge in [0.05, 0.1) is 30.9 Å². The van der Waals surface area contributed by atoms with Crippen molar-refractivity contribution in [1.82, 2.24) is 0 Å². The van der Waals surface area contributed by atoms with E-state index in [4.69, 9.17) is 21.1 Å². The number of ketones is 1. The van der Waals surface area contributed by atoms with Gasteiger partial charge in [0.25, 0.3) is 11.7 Å². The number of esters is 1. The fourth-order valence-electron chi connectivity index (χ4n) is 3.94. The molecule has 3 aromatic carbocycles. The monoisotopic (exact) mass is 491 g/mol. The van der Waals surface area contributed by atoms with E-state index in [9.17, 15) is 19.5 Å². The van der Waals surface area contributed by atoms with Crippen molar-refractivity contribution in [3.63, 3.8) is 0 Å². The average molecular weight is 492 g/mol. The maximum Gasteiger partial charge on any atom is 0.338 e. The minimum absolute atomic E-state index is 0.0584. The second-order valence-electron chi connectivity index (χ2n) is 7.72. The molecule has 8 heteroatoms. The van der Waals surface area contributed by atoms with Crippen molar-refractivity contribution in [2.45, 2.75) is 13.0 Å². The number of nitrogens with zero attached hydrogens (tertiary/aromatic N) is 1. The van der Waals surface area contributed by atoms with Crippen LogP contribution in [0, 0.1) is 0 Å². The fourth-order valence-corrected chi connectivity index (χ4v) is 4.06. The molecule has 178 valence electrons. The van der Waals surface area contributed by atoms with Gasteiger partial charge in [0, 0.05) is 16.3 Å². The summed E-state index contributed by atoms with van der Waals surface area (Å²) < 4.78 is 10.2. The third kappa shape index (κ3) is 4.63. The van der Waals surface area contributed by atoms with Gasteiger partial charge in [0.1, 0.15) is 11.5 Å². The zero-order valence-corrected chi connectivity index (χ0v) is 19.8. The molecule has 7 nitrogen and oxygen atoms in total. The van der Waals surface area contributed by atoms with E-state index in [1.54, 1.807) is 67.6 Å². The first-order valence-corrected chi connectivity index (χ1v) is 11.2. The number of aliphatic hydroxyl groups excluding tert-OH is 1. The zero-order valence-electron chi connectivity index (χ0n) is 19.0. The molecule has 1 aliphatic heterocycles. The number of methoxy groups -OCH3 is 1. The first-order chi connectivity index (χ1) is 16.8. The van der Waals surface area contributed by atoms with Gasteiger partial charge in [-0.2, -0.15) is 0 Å². The van der Waals surface area contributed by atoms with Crippen LogP contribution in [0.4, 0.5) is 5.69 Å². The molecular weight excluding hydrogens is 470 g/mol. The number of aliphatic hydroxyl groups is 1. The number of Topliss-reactive ketones (excluding diaryl/α,β-unsaturated/α-hetero) is 1. The van der Waals surface area contributed by atoms with Gasteiger partial charge in [-0.15, -0.1) is 0 Å². The van der Waals surface area contributed by atoms with Crippen molar-refractivity contribution in [3.05, 3.63) is 100 Å². The lowest BCUT2D eigenvalue weighted by molar-refractivity contribution is -0.132. The standard InChI is InChI=1S/C27H22ClNO6/c1-3-35-27(33)18-6-12-20(13-7-18)29-23(16-8-14-21(34-2)15-9-16)22(25(31)26(29)32)24(30)17-4-10-19(28)11-5-17/h4-15,23,30H,3H2,1-2H3/b24-22+. The number of ether oxygens (including phenoxy) is 2. The molecule has 0 saturated carbocycles. The number of hydrogen-bond acceptors (Lipinski definition) is 6. The number of carbonyl (C=O) groups excluding carboxylic acids is 3. The van der Waals surface area contributed by atoms with Crippen molar-refractivity contribution >= 4 is 40.7 Å². The third-order valence-electron chi connectivity index (χ3n) is 5.65. The summed E-state index contributed by atoms with van der Waals surface area (Å²) in [6.45, 7) is 1.94. The van der Waals surface area contributed by atoms with Crippen molar-refractivity contribution in [2.24, 2.45) is 0 Å². The average Bonchev–Trinajstić information content (AvgIpc) is 3.14. The summed E-state index contributed by atoms with van der Waals surface area (Å²) in [6.07, 6.45) is 0. The lowest BCUT2D eigenvalue weighted by atomic mass is 9.95. The Morgan fingerprint density at radius 3 is 2.11 bits per heavy atom. The lowest BCUT2D eigenvalue weighted by Gasteiger charge is -2.25. The molecule has 3 aromatic rings. The third-order valence-corrected chi connectivity index (χ3v) is 5.90. The van der Waals surface area contributed by atoms with E-state index in [1.165, 1.54) is 24.1 Å². The Morgan fingerprint density at radius 1 is 0.943 bits per heavy atom. The molecule has 1 N–H and O–H groups in total.